The van der Waals surface area contributed by atoms with Crippen molar-refractivity contribution in [3.05, 3.63) is 0 Å². The summed E-state index contributed by atoms with van der Waals surface area (Å²) in [7, 11) is 0. The van der Waals surface area contributed by atoms with Crippen LogP contribution in [0.5, 0.6) is 0 Å². The van der Waals surface area contributed by atoms with Crippen LogP contribution in [-0.2, 0) is 0 Å². The molecule has 12 heavy (non-hydrogen) atoms. The van der Waals surface area contributed by atoms with Crippen molar-refractivity contribution in [2.24, 2.45) is 25.7 Å². The van der Waals surface area contributed by atoms with Gasteiger partial charge in [0.05, 0.1) is 6.54 Å². The fourth-order valence-electron chi connectivity index (χ4n) is 0.902. The first-order valence-electron chi connectivity index (χ1n) is 3.32. The van der Waals surface area contributed by atoms with E-state index in [1.165, 1.54) is 6.34 Å². The molecular formula is C6H5N5S. The van der Waals surface area contributed by atoms with Crippen LogP contribution >= 0.6 is 12.2 Å². The van der Waals surface area contributed by atoms with Gasteiger partial charge in [-0.25, -0.2) is 20.0 Å². The molecule has 0 aromatic heterocycles. The third kappa shape index (κ3) is 1.01. The predicted octanol–water partition coefficient (Wildman–Crippen LogP) is -0.434. The van der Waals surface area contributed by atoms with Gasteiger partial charge in [0, 0.05) is 0 Å². The Labute approximate surface area is 73.8 Å². The highest BCUT2D eigenvalue weighted by Crippen LogP contribution is 2.05. The van der Waals surface area contributed by atoms with E-state index in [1.807, 2.05) is 0 Å². The smallest absolute Gasteiger partial charge is 0.184 e. The Morgan fingerprint density at radius 1 is 1.42 bits per heavy atom. The molecule has 2 aliphatic rings. The molecule has 0 radical (unpaired) electrons. The van der Waals surface area contributed by atoms with Gasteiger partial charge in [-0.15, -0.1) is 0 Å². The van der Waals surface area contributed by atoms with Crippen LogP contribution < -0.4 is 5.73 Å². The van der Waals surface area contributed by atoms with Crippen molar-refractivity contribution in [3.8, 4) is 0 Å². The second-order valence-corrected chi connectivity index (χ2v) is 2.58. The van der Waals surface area contributed by atoms with Crippen LogP contribution in [0.4, 0.5) is 0 Å². The maximum Gasteiger partial charge on any atom is 0.184 e. The van der Waals surface area contributed by atoms with Gasteiger partial charge in [-0.1, -0.05) is 12.2 Å². The van der Waals surface area contributed by atoms with Crippen molar-refractivity contribution in [1.82, 2.24) is 0 Å². The number of rotatable bonds is 1. The minimum Gasteiger partial charge on any atom is -0.324 e. The molecule has 0 aromatic carbocycles. The molecule has 0 aromatic rings. The molecule has 60 valence electrons. The zero-order valence-corrected chi connectivity index (χ0v) is 6.88. The molecule has 2 aliphatic heterocycles. The van der Waals surface area contributed by atoms with Gasteiger partial charge in [-0.05, 0) is 0 Å². The number of amidine groups is 2. The Kier molecular flexibility index (Phi) is 1.63. The summed E-state index contributed by atoms with van der Waals surface area (Å²) in [5.74, 6) is 1.03. The van der Waals surface area contributed by atoms with E-state index in [0.717, 1.165) is 0 Å². The van der Waals surface area contributed by atoms with Gasteiger partial charge in [0.25, 0.3) is 0 Å². The molecule has 0 fully saturated rings. The average molecular weight is 179 g/mol. The molecular weight excluding hydrogens is 174 g/mol. The van der Waals surface area contributed by atoms with Crippen molar-refractivity contribution >= 4 is 40.9 Å². The first-order valence-corrected chi connectivity index (χ1v) is 3.73. The SMILES string of the molecule is NCC1=NC(=S)C2=NC=NC2=N1. The lowest BCUT2D eigenvalue weighted by molar-refractivity contribution is 1.27. The van der Waals surface area contributed by atoms with E-state index in [1.54, 1.807) is 0 Å². The molecule has 0 unspecified atom stereocenters. The maximum absolute atomic E-state index is 5.36. The standard InChI is InChI=1S/C6H5N5S/c7-1-3-10-5-4(6(12)11-3)8-2-9-5/h2H,1,7H2. The molecule has 2 heterocycles. The van der Waals surface area contributed by atoms with E-state index in [0.29, 0.717) is 22.4 Å². The molecule has 0 saturated carbocycles. The highest BCUT2D eigenvalue weighted by molar-refractivity contribution is 7.82. The van der Waals surface area contributed by atoms with Crippen LogP contribution in [0.3, 0.4) is 0 Å². The van der Waals surface area contributed by atoms with Gasteiger partial charge in [0.15, 0.2) is 10.8 Å². The lowest BCUT2D eigenvalue weighted by atomic mass is 10.3. The Morgan fingerprint density at radius 2 is 2.25 bits per heavy atom. The first-order chi connectivity index (χ1) is 5.81. The zero-order chi connectivity index (χ0) is 8.55. The lowest BCUT2D eigenvalue weighted by Gasteiger charge is -2.06. The number of nitrogens with two attached hydrogens (primary N) is 1. The normalized spacial score (nSPS) is 20.1. The second-order valence-electron chi connectivity index (χ2n) is 2.19. The van der Waals surface area contributed by atoms with Crippen LogP contribution in [0, 0.1) is 0 Å². The zero-order valence-electron chi connectivity index (χ0n) is 6.06. The number of fused-ring (bicyclic) bond motifs is 1. The van der Waals surface area contributed by atoms with Gasteiger partial charge in [0.2, 0.25) is 0 Å². The van der Waals surface area contributed by atoms with E-state index in [-0.39, 0.29) is 6.54 Å². The largest absolute Gasteiger partial charge is 0.324 e. The third-order valence-electron chi connectivity index (χ3n) is 1.43. The molecule has 2 N–H and O–H groups in total. The summed E-state index contributed by atoms with van der Waals surface area (Å²) in [5.41, 5.74) is 5.93. The molecule has 0 amide bonds. The van der Waals surface area contributed by atoms with Crippen molar-refractivity contribution < 1.29 is 0 Å². The summed E-state index contributed by atoms with van der Waals surface area (Å²) in [6, 6.07) is 0. The fraction of sp³-hybridized carbons (Fsp3) is 0.167. The monoisotopic (exact) mass is 179 g/mol. The summed E-state index contributed by atoms with van der Waals surface area (Å²) >= 11 is 4.95. The Morgan fingerprint density at radius 3 is 3.00 bits per heavy atom. The van der Waals surface area contributed by atoms with E-state index < -0.39 is 0 Å². The van der Waals surface area contributed by atoms with E-state index in [2.05, 4.69) is 20.0 Å². The Balaban J connectivity index is 2.45. The number of aliphatic imine (C=N–C) groups is 4. The highest BCUT2D eigenvalue weighted by atomic mass is 32.1. The van der Waals surface area contributed by atoms with Crippen LogP contribution in [0.1, 0.15) is 0 Å². The van der Waals surface area contributed by atoms with Crippen LogP contribution in [-0.4, -0.2) is 35.3 Å². The molecule has 0 atom stereocenters. The summed E-state index contributed by atoms with van der Waals surface area (Å²) in [6.45, 7) is 0.270. The van der Waals surface area contributed by atoms with Gasteiger partial charge in [-0.2, -0.15) is 0 Å². The molecule has 0 spiro atoms. The fourth-order valence-corrected chi connectivity index (χ4v) is 1.15. The van der Waals surface area contributed by atoms with Crippen molar-refractivity contribution in [3.63, 3.8) is 0 Å². The van der Waals surface area contributed by atoms with E-state index in [4.69, 9.17) is 18.0 Å². The molecule has 6 heteroatoms. The quantitative estimate of drug-likeness (QED) is 0.554. The number of hydrogen-bond acceptors (Lipinski definition) is 5. The topological polar surface area (TPSA) is 75.5 Å². The first kappa shape index (κ1) is 7.38. The van der Waals surface area contributed by atoms with Crippen molar-refractivity contribution in [2.45, 2.75) is 0 Å². The lowest BCUT2D eigenvalue weighted by Crippen LogP contribution is -2.27. The number of hydrogen-bond donors (Lipinski definition) is 1. The highest BCUT2D eigenvalue weighted by Gasteiger charge is 2.21. The van der Waals surface area contributed by atoms with Gasteiger partial charge >= 0.3 is 0 Å². The molecule has 5 nitrogen and oxygen atoms in total. The van der Waals surface area contributed by atoms with Crippen molar-refractivity contribution in [2.75, 3.05) is 6.54 Å². The van der Waals surface area contributed by atoms with Gasteiger partial charge in [0.1, 0.15) is 17.9 Å². The predicted molar refractivity (Wildman–Crippen MR) is 52.4 cm³/mol. The summed E-state index contributed by atoms with van der Waals surface area (Å²) in [6.07, 6.45) is 1.41. The van der Waals surface area contributed by atoms with Crippen LogP contribution in [0.25, 0.3) is 0 Å². The van der Waals surface area contributed by atoms with E-state index >= 15 is 0 Å². The third-order valence-corrected chi connectivity index (χ3v) is 1.71. The maximum atomic E-state index is 5.36. The second kappa shape index (κ2) is 2.65. The molecule has 2 rings (SSSR count). The summed E-state index contributed by atoms with van der Waals surface area (Å²) in [5, 5.41) is 0. The minimum atomic E-state index is 0.270. The van der Waals surface area contributed by atoms with E-state index in [9.17, 15) is 0 Å². The number of thiocarbonyl (C=S) groups is 1. The van der Waals surface area contributed by atoms with Crippen LogP contribution in [0.15, 0.2) is 20.0 Å². The van der Waals surface area contributed by atoms with Crippen molar-refractivity contribution in [1.29, 1.82) is 0 Å². The summed E-state index contributed by atoms with van der Waals surface area (Å²) < 4.78 is 0. The average Bonchev–Trinajstić information content (AvgIpc) is 2.52. The minimum absolute atomic E-state index is 0.270. The van der Waals surface area contributed by atoms with Crippen LogP contribution in [0.2, 0.25) is 0 Å². The Hall–Kier alpha value is -1.27. The number of nitrogens with zero attached hydrogens (tertiary/aromatic N) is 4. The van der Waals surface area contributed by atoms with Gasteiger partial charge in [-0.3, -0.25) is 0 Å². The Bertz CT molecular complexity index is 362. The molecule has 0 aliphatic carbocycles. The van der Waals surface area contributed by atoms with Gasteiger partial charge < -0.3 is 5.73 Å². The molecule has 0 bridgehead atoms. The molecule has 0 saturated heterocycles. The summed E-state index contributed by atoms with van der Waals surface area (Å²) in [4.78, 5) is 16.2.